The van der Waals surface area contributed by atoms with Gasteiger partial charge in [-0.05, 0) is 62.9 Å². The maximum atomic E-state index is 11.9. The SMILES string of the molecule is O=C(NCCC1CCCNC1)C1C2CCCC21. The maximum absolute atomic E-state index is 11.9. The molecule has 1 heterocycles. The van der Waals surface area contributed by atoms with Crippen LogP contribution < -0.4 is 10.6 Å². The van der Waals surface area contributed by atoms with Gasteiger partial charge in [0.25, 0.3) is 0 Å². The van der Waals surface area contributed by atoms with E-state index in [9.17, 15) is 4.79 Å². The second-order valence-corrected chi connectivity index (χ2v) is 6.08. The molecule has 1 amide bonds. The van der Waals surface area contributed by atoms with E-state index in [1.54, 1.807) is 0 Å². The van der Waals surface area contributed by atoms with E-state index in [4.69, 9.17) is 0 Å². The number of hydrogen-bond donors (Lipinski definition) is 2. The molecule has 0 aromatic heterocycles. The van der Waals surface area contributed by atoms with Gasteiger partial charge in [-0.25, -0.2) is 0 Å². The molecule has 1 aliphatic heterocycles. The van der Waals surface area contributed by atoms with E-state index in [2.05, 4.69) is 10.6 Å². The van der Waals surface area contributed by atoms with Gasteiger partial charge in [-0.3, -0.25) is 4.79 Å². The van der Waals surface area contributed by atoms with Gasteiger partial charge in [-0.15, -0.1) is 0 Å². The smallest absolute Gasteiger partial charge is 0.223 e. The van der Waals surface area contributed by atoms with E-state index in [0.717, 1.165) is 37.3 Å². The molecule has 3 fully saturated rings. The third kappa shape index (κ3) is 2.49. The van der Waals surface area contributed by atoms with E-state index in [1.165, 1.54) is 38.6 Å². The molecule has 3 nitrogen and oxygen atoms in total. The number of fused-ring (bicyclic) bond motifs is 1. The van der Waals surface area contributed by atoms with Gasteiger partial charge in [0, 0.05) is 12.5 Å². The highest BCUT2D eigenvalue weighted by Gasteiger charge is 2.56. The summed E-state index contributed by atoms with van der Waals surface area (Å²) in [6, 6.07) is 0. The highest BCUT2D eigenvalue weighted by atomic mass is 16.2. The van der Waals surface area contributed by atoms with Crippen LogP contribution in [0.2, 0.25) is 0 Å². The molecule has 1 saturated heterocycles. The van der Waals surface area contributed by atoms with Crippen molar-refractivity contribution in [3.8, 4) is 0 Å². The third-order valence-electron chi connectivity index (χ3n) is 4.96. The van der Waals surface area contributed by atoms with Crippen molar-refractivity contribution in [2.45, 2.75) is 38.5 Å². The van der Waals surface area contributed by atoms with Crippen molar-refractivity contribution >= 4 is 5.91 Å². The minimum Gasteiger partial charge on any atom is -0.356 e. The van der Waals surface area contributed by atoms with Crippen molar-refractivity contribution in [3.63, 3.8) is 0 Å². The van der Waals surface area contributed by atoms with Gasteiger partial charge >= 0.3 is 0 Å². The highest BCUT2D eigenvalue weighted by molar-refractivity contribution is 5.82. The molecule has 96 valence electrons. The Hall–Kier alpha value is -0.570. The number of carbonyl (C=O) groups excluding carboxylic acids is 1. The van der Waals surface area contributed by atoms with Crippen LogP contribution in [0.5, 0.6) is 0 Å². The lowest BCUT2D eigenvalue weighted by Crippen LogP contribution is -2.34. The first-order valence-electron chi connectivity index (χ1n) is 7.34. The monoisotopic (exact) mass is 236 g/mol. The fraction of sp³-hybridized carbons (Fsp3) is 0.929. The van der Waals surface area contributed by atoms with Gasteiger partial charge in [0.15, 0.2) is 0 Å². The van der Waals surface area contributed by atoms with Gasteiger partial charge < -0.3 is 10.6 Å². The quantitative estimate of drug-likeness (QED) is 0.777. The molecule has 0 bridgehead atoms. The summed E-state index contributed by atoms with van der Waals surface area (Å²) < 4.78 is 0. The Morgan fingerprint density at radius 1 is 1.18 bits per heavy atom. The van der Waals surface area contributed by atoms with Crippen LogP contribution in [-0.2, 0) is 4.79 Å². The van der Waals surface area contributed by atoms with E-state index in [0.29, 0.717) is 11.8 Å². The zero-order valence-corrected chi connectivity index (χ0v) is 10.6. The summed E-state index contributed by atoms with van der Waals surface area (Å²) in [6.45, 7) is 3.21. The molecule has 2 N–H and O–H groups in total. The van der Waals surface area contributed by atoms with Crippen LogP contribution in [0.4, 0.5) is 0 Å². The first-order valence-corrected chi connectivity index (χ1v) is 7.34. The number of carbonyl (C=O) groups is 1. The Labute approximate surface area is 104 Å². The lowest BCUT2D eigenvalue weighted by atomic mass is 9.96. The molecule has 3 heteroatoms. The van der Waals surface area contributed by atoms with Gasteiger partial charge in [0.05, 0.1) is 0 Å². The van der Waals surface area contributed by atoms with Crippen LogP contribution in [0, 0.1) is 23.7 Å². The fourth-order valence-corrected chi connectivity index (χ4v) is 3.90. The topological polar surface area (TPSA) is 41.1 Å². The first kappa shape index (κ1) is 11.5. The lowest BCUT2D eigenvalue weighted by Gasteiger charge is -2.22. The molecule has 3 unspecified atom stereocenters. The van der Waals surface area contributed by atoms with Gasteiger partial charge in [0.1, 0.15) is 0 Å². The molecule has 2 aliphatic carbocycles. The van der Waals surface area contributed by atoms with E-state index in [-0.39, 0.29) is 0 Å². The van der Waals surface area contributed by atoms with Gasteiger partial charge in [-0.2, -0.15) is 0 Å². The number of amides is 1. The van der Waals surface area contributed by atoms with Crippen molar-refractivity contribution in [3.05, 3.63) is 0 Å². The standard InChI is InChI=1S/C14H24N2O/c17-14(13-11-4-1-5-12(11)13)16-8-6-10-3-2-7-15-9-10/h10-13,15H,1-9H2,(H,16,17). The largest absolute Gasteiger partial charge is 0.356 e. The Morgan fingerprint density at radius 3 is 2.71 bits per heavy atom. The molecule has 2 saturated carbocycles. The summed E-state index contributed by atoms with van der Waals surface area (Å²) in [6.07, 6.45) is 7.74. The molecule has 3 aliphatic rings. The van der Waals surface area contributed by atoms with Crippen LogP contribution in [0.25, 0.3) is 0 Å². The molecule has 0 radical (unpaired) electrons. The summed E-state index contributed by atoms with van der Waals surface area (Å²) in [7, 11) is 0. The minimum atomic E-state index is 0.350. The maximum Gasteiger partial charge on any atom is 0.223 e. The Balaban J connectivity index is 1.33. The number of piperidine rings is 1. The Kier molecular flexibility index (Phi) is 3.37. The van der Waals surface area contributed by atoms with E-state index >= 15 is 0 Å². The van der Waals surface area contributed by atoms with Crippen molar-refractivity contribution in [1.29, 1.82) is 0 Å². The average molecular weight is 236 g/mol. The molecule has 0 spiro atoms. The van der Waals surface area contributed by atoms with E-state index in [1.807, 2.05) is 0 Å². The first-order chi connectivity index (χ1) is 8.36. The van der Waals surface area contributed by atoms with Gasteiger partial charge in [0.2, 0.25) is 5.91 Å². The second-order valence-electron chi connectivity index (χ2n) is 6.08. The second kappa shape index (κ2) is 4.97. The summed E-state index contributed by atoms with van der Waals surface area (Å²) in [5.74, 6) is 3.04. The molecule has 3 rings (SSSR count). The zero-order valence-electron chi connectivity index (χ0n) is 10.6. The average Bonchev–Trinajstić information content (AvgIpc) is 2.84. The van der Waals surface area contributed by atoms with Crippen molar-refractivity contribution < 1.29 is 4.79 Å². The van der Waals surface area contributed by atoms with Crippen LogP contribution >= 0.6 is 0 Å². The molecular formula is C14H24N2O. The molecular weight excluding hydrogens is 212 g/mol. The molecule has 17 heavy (non-hydrogen) atoms. The normalized spacial score (nSPS) is 39.8. The molecule has 3 atom stereocenters. The lowest BCUT2D eigenvalue weighted by molar-refractivity contribution is -0.123. The number of rotatable bonds is 4. The fourth-order valence-electron chi connectivity index (χ4n) is 3.90. The Morgan fingerprint density at radius 2 is 2.00 bits per heavy atom. The van der Waals surface area contributed by atoms with Crippen molar-refractivity contribution in [1.82, 2.24) is 10.6 Å². The van der Waals surface area contributed by atoms with Crippen LogP contribution in [0.3, 0.4) is 0 Å². The summed E-state index contributed by atoms with van der Waals surface area (Å²) in [5.41, 5.74) is 0. The van der Waals surface area contributed by atoms with Crippen molar-refractivity contribution in [2.24, 2.45) is 23.7 Å². The number of hydrogen-bond acceptors (Lipinski definition) is 2. The van der Waals surface area contributed by atoms with Crippen LogP contribution in [0.1, 0.15) is 38.5 Å². The van der Waals surface area contributed by atoms with Gasteiger partial charge in [-0.1, -0.05) is 6.42 Å². The summed E-state index contributed by atoms with van der Waals surface area (Å²) in [5, 5.41) is 6.58. The molecule has 0 aromatic carbocycles. The highest BCUT2D eigenvalue weighted by Crippen LogP contribution is 2.57. The zero-order chi connectivity index (χ0) is 11.7. The summed E-state index contributed by atoms with van der Waals surface area (Å²) >= 11 is 0. The number of nitrogens with one attached hydrogen (secondary N) is 2. The minimum absolute atomic E-state index is 0.350. The predicted molar refractivity (Wildman–Crippen MR) is 67.5 cm³/mol. The molecule has 0 aromatic rings. The predicted octanol–water partition coefficient (Wildman–Crippen LogP) is 1.54. The van der Waals surface area contributed by atoms with Crippen molar-refractivity contribution in [2.75, 3.05) is 19.6 Å². The van der Waals surface area contributed by atoms with E-state index < -0.39 is 0 Å². The third-order valence-corrected chi connectivity index (χ3v) is 4.96. The van der Waals surface area contributed by atoms with Crippen LogP contribution in [-0.4, -0.2) is 25.5 Å². The Bertz CT molecular complexity index is 276. The summed E-state index contributed by atoms with van der Waals surface area (Å²) in [4.78, 5) is 11.9. The van der Waals surface area contributed by atoms with Crippen LogP contribution in [0.15, 0.2) is 0 Å².